The lowest BCUT2D eigenvalue weighted by Gasteiger charge is -2.02. The number of rotatable bonds is 0. The molecule has 2 aromatic rings. The second-order valence-electron chi connectivity index (χ2n) is 3.75. The highest BCUT2D eigenvalue weighted by molar-refractivity contribution is 7.79. The molecule has 98 valence electrons. The van der Waals surface area contributed by atoms with E-state index in [9.17, 15) is 5.11 Å². The van der Waals surface area contributed by atoms with Crippen LogP contribution in [0.5, 0.6) is 5.75 Å². The fourth-order valence-corrected chi connectivity index (χ4v) is 1.63. The molecule has 0 aliphatic heterocycles. The first kappa shape index (κ1) is 14.4. The summed E-state index contributed by atoms with van der Waals surface area (Å²) in [5.74, 6) is 0.348. The molecule has 7 heteroatoms. The van der Waals surface area contributed by atoms with Crippen LogP contribution in [0.3, 0.4) is 0 Å². The number of phenols is 1. The van der Waals surface area contributed by atoms with Crippen molar-refractivity contribution < 1.29 is 27.6 Å². The Bertz CT molecular complexity index is 658. The first-order chi connectivity index (χ1) is 8.20. The van der Waals surface area contributed by atoms with Gasteiger partial charge < -0.3 is 9.66 Å². The van der Waals surface area contributed by atoms with Crippen LogP contribution in [0.25, 0.3) is 10.9 Å². The maximum atomic E-state index is 9.75. The number of nitrogens with one attached hydrogen (secondary N) is 1. The van der Waals surface area contributed by atoms with Gasteiger partial charge in [-0.15, -0.1) is 0 Å². The zero-order valence-electron chi connectivity index (χ0n) is 9.84. The average Bonchev–Trinajstić information content (AvgIpc) is 2.24. The van der Waals surface area contributed by atoms with E-state index < -0.39 is 10.4 Å². The molecule has 0 saturated carbocycles. The van der Waals surface area contributed by atoms with Crippen LogP contribution in [0, 0.1) is 13.8 Å². The van der Waals surface area contributed by atoms with Crippen LogP contribution in [0.1, 0.15) is 11.1 Å². The van der Waals surface area contributed by atoms with Crippen molar-refractivity contribution in [2.24, 2.45) is 0 Å². The van der Waals surface area contributed by atoms with Gasteiger partial charge in [0.15, 0.2) is 11.9 Å². The molecule has 0 radical (unpaired) electrons. The number of hydrogen-bond donors (Lipinski definition) is 2. The van der Waals surface area contributed by atoms with Crippen LogP contribution < -0.4 is 4.98 Å². The van der Waals surface area contributed by atoms with Crippen molar-refractivity contribution >= 4 is 21.3 Å². The van der Waals surface area contributed by atoms with E-state index in [4.69, 9.17) is 17.5 Å². The fraction of sp³-hybridized carbons (Fsp3) is 0.182. The zero-order valence-corrected chi connectivity index (χ0v) is 10.7. The normalized spacial score (nSPS) is 10.9. The van der Waals surface area contributed by atoms with Crippen LogP contribution >= 0.6 is 0 Å². The van der Waals surface area contributed by atoms with E-state index in [1.165, 1.54) is 5.56 Å². The second kappa shape index (κ2) is 5.30. The summed E-state index contributed by atoms with van der Waals surface area (Å²) >= 11 is 0. The minimum Gasteiger partial charge on any atom is -0.726 e. The Morgan fingerprint density at radius 1 is 1.28 bits per heavy atom. The predicted molar refractivity (Wildman–Crippen MR) is 64.0 cm³/mol. The van der Waals surface area contributed by atoms with Crippen molar-refractivity contribution in [2.75, 3.05) is 0 Å². The van der Waals surface area contributed by atoms with Gasteiger partial charge >= 0.3 is 0 Å². The van der Waals surface area contributed by atoms with Gasteiger partial charge in [-0.3, -0.25) is 4.55 Å². The molecule has 1 heterocycles. The van der Waals surface area contributed by atoms with Gasteiger partial charge in [0.05, 0.1) is 5.39 Å². The largest absolute Gasteiger partial charge is 0.726 e. The maximum absolute atomic E-state index is 9.75. The lowest BCUT2D eigenvalue weighted by molar-refractivity contribution is -0.345. The highest BCUT2D eigenvalue weighted by Crippen LogP contribution is 2.26. The summed E-state index contributed by atoms with van der Waals surface area (Å²) in [6.45, 7) is 3.95. The Morgan fingerprint density at radius 2 is 1.83 bits per heavy atom. The summed E-state index contributed by atoms with van der Waals surface area (Å²) in [5.41, 5.74) is 2.91. The van der Waals surface area contributed by atoms with E-state index in [2.05, 4.69) is 4.98 Å². The first-order valence-corrected chi connectivity index (χ1v) is 6.34. The van der Waals surface area contributed by atoms with E-state index in [1.807, 2.05) is 38.2 Å². The Morgan fingerprint density at radius 3 is 2.39 bits per heavy atom. The van der Waals surface area contributed by atoms with Crippen molar-refractivity contribution in [3.05, 3.63) is 35.5 Å². The molecule has 0 amide bonds. The summed E-state index contributed by atoms with van der Waals surface area (Å²) in [6.07, 6.45) is 1.82. The Labute approximate surface area is 104 Å². The van der Waals surface area contributed by atoms with Crippen LogP contribution in [0.15, 0.2) is 24.4 Å². The maximum Gasteiger partial charge on any atom is 0.253 e. The molecule has 0 fully saturated rings. The molecule has 0 aliphatic rings. The third kappa shape index (κ3) is 3.95. The van der Waals surface area contributed by atoms with Gasteiger partial charge in [-0.25, -0.2) is 13.4 Å². The highest BCUT2D eigenvalue weighted by Gasteiger charge is 2.10. The summed E-state index contributed by atoms with van der Waals surface area (Å²) in [4.78, 5) is 3.05. The number of pyridine rings is 1. The molecule has 18 heavy (non-hydrogen) atoms. The molecule has 0 aliphatic carbocycles. The molecule has 0 unspecified atom stereocenters. The minimum atomic E-state index is -4.92. The van der Waals surface area contributed by atoms with Crippen molar-refractivity contribution in [1.82, 2.24) is 0 Å². The number of aromatic nitrogens is 1. The van der Waals surface area contributed by atoms with E-state index >= 15 is 0 Å². The van der Waals surface area contributed by atoms with Gasteiger partial charge in [-0.1, -0.05) is 6.07 Å². The van der Waals surface area contributed by atoms with E-state index in [0.29, 0.717) is 5.75 Å². The minimum absolute atomic E-state index is 0.348. The number of aryl methyl sites for hydroxylation is 2. The summed E-state index contributed by atoms with van der Waals surface area (Å²) < 4.78 is 32.8. The molecule has 3 N–H and O–H groups in total. The lowest BCUT2D eigenvalue weighted by atomic mass is 10.1. The summed E-state index contributed by atoms with van der Waals surface area (Å²) in [6, 6.07) is 5.93. The third-order valence-corrected chi connectivity index (χ3v) is 2.32. The quantitative estimate of drug-likeness (QED) is 0.548. The first-order valence-electron chi connectivity index (χ1n) is 4.98. The molecule has 0 bridgehead atoms. The molecule has 1 aromatic carbocycles. The van der Waals surface area contributed by atoms with Gasteiger partial charge in [0, 0.05) is 6.07 Å². The standard InChI is InChI=1S/C11H11NO.H2O4S/c1-7-6-8(2)11(13)10-9(7)4-3-5-12-10;1-5(2,3)4/h3-6,13H,1-2H3;(H2,1,2,3,4). The fourth-order valence-electron chi connectivity index (χ4n) is 1.63. The molecule has 0 atom stereocenters. The van der Waals surface area contributed by atoms with Crippen molar-refractivity contribution in [3.63, 3.8) is 0 Å². The van der Waals surface area contributed by atoms with Gasteiger partial charge in [0.1, 0.15) is 0 Å². The number of benzene rings is 1. The Balaban J connectivity index is 0.000000280. The number of fused-ring (bicyclic) bond motifs is 1. The van der Waals surface area contributed by atoms with Gasteiger partial charge in [-0.05, 0) is 31.0 Å². The summed E-state index contributed by atoms with van der Waals surface area (Å²) in [5, 5.41) is 10.8. The lowest BCUT2D eigenvalue weighted by Crippen LogP contribution is -2.03. The third-order valence-electron chi connectivity index (χ3n) is 2.32. The zero-order chi connectivity index (χ0) is 13.9. The van der Waals surface area contributed by atoms with E-state index in [1.54, 1.807) is 0 Å². The van der Waals surface area contributed by atoms with E-state index in [0.717, 1.165) is 16.5 Å². The molecule has 1 aromatic heterocycles. The molecule has 0 saturated heterocycles. The van der Waals surface area contributed by atoms with Crippen molar-refractivity contribution in [3.8, 4) is 5.75 Å². The average molecular weight is 271 g/mol. The van der Waals surface area contributed by atoms with Crippen LogP contribution in [-0.2, 0) is 10.4 Å². The number of phenolic OH excluding ortho intramolecular Hbond substituents is 1. The number of hydrogen-bond acceptors (Lipinski definition) is 4. The smallest absolute Gasteiger partial charge is 0.253 e. The monoisotopic (exact) mass is 271 g/mol. The van der Waals surface area contributed by atoms with Crippen LogP contribution in [0.4, 0.5) is 0 Å². The van der Waals surface area contributed by atoms with Crippen molar-refractivity contribution in [2.45, 2.75) is 13.8 Å². The van der Waals surface area contributed by atoms with E-state index in [-0.39, 0.29) is 0 Å². The molecule has 6 nitrogen and oxygen atoms in total. The number of aromatic hydroxyl groups is 1. The predicted octanol–water partition coefficient (Wildman–Crippen LogP) is 0.981. The summed E-state index contributed by atoms with van der Waals surface area (Å²) in [7, 11) is -4.92. The highest BCUT2D eigenvalue weighted by atomic mass is 32.3. The molecule has 2 rings (SSSR count). The Kier molecular flexibility index (Phi) is 4.23. The molecular weight excluding hydrogens is 258 g/mol. The number of H-pyrrole nitrogens is 1. The number of aromatic amines is 1. The topological polar surface area (TPSA) is 112 Å². The van der Waals surface area contributed by atoms with Crippen molar-refractivity contribution in [1.29, 1.82) is 0 Å². The SMILES string of the molecule is Cc1cc(C)c2ccc[nH+]c2c1O.O=S(=O)([O-])O. The molecular formula is C11H13NO5S. The van der Waals surface area contributed by atoms with Crippen LogP contribution in [-0.4, -0.2) is 22.6 Å². The van der Waals surface area contributed by atoms with Gasteiger partial charge in [0.25, 0.3) is 5.52 Å². The van der Waals surface area contributed by atoms with Crippen LogP contribution in [0.2, 0.25) is 0 Å². The van der Waals surface area contributed by atoms with Gasteiger partial charge in [0.2, 0.25) is 10.4 Å². The molecule has 0 spiro atoms. The Hall–Kier alpha value is -1.70. The van der Waals surface area contributed by atoms with Gasteiger partial charge in [-0.2, -0.15) is 0 Å². The second-order valence-corrected chi connectivity index (χ2v) is 4.60.